The lowest BCUT2D eigenvalue weighted by atomic mass is 10.2. The average molecular weight is 349 g/mol. The van der Waals surface area contributed by atoms with Gasteiger partial charge in [-0.25, -0.2) is 0 Å². The molecule has 3 nitrogen and oxygen atoms in total. The highest BCUT2D eigenvalue weighted by molar-refractivity contribution is 9.11. The normalized spacial score (nSPS) is 10.1. The summed E-state index contributed by atoms with van der Waals surface area (Å²) in [6.07, 6.45) is 0.312. The summed E-state index contributed by atoms with van der Waals surface area (Å²) in [6, 6.07) is 13.5. The van der Waals surface area contributed by atoms with Crippen molar-refractivity contribution in [3.05, 3.63) is 50.6 Å². The van der Waals surface area contributed by atoms with Gasteiger partial charge < -0.3 is 4.90 Å². The van der Waals surface area contributed by atoms with Gasteiger partial charge in [-0.15, -0.1) is 11.3 Å². The number of rotatable bonds is 4. The molecule has 1 aromatic heterocycles. The van der Waals surface area contributed by atoms with Crippen LogP contribution in [0.2, 0.25) is 0 Å². The summed E-state index contributed by atoms with van der Waals surface area (Å²) in [6.45, 7) is 2.40. The topological polar surface area (TPSA) is 44.1 Å². The van der Waals surface area contributed by atoms with Gasteiger partial charge >= 0.3 is 0 Å². The van der Waals surface area contributed by atoms with Crippen LogP contribution in [0.5, 0.6) is 0 Å². The van der Waals surface area contributed by atoms with Gasteiger partial charge in [0.2, 0.25) is 0 Å². The lowest BCUT2D eigenvalue weighted by Gasteiger charge is -2.21. The second-order valence-corrected chi connectivity index (χ2v) is 6.77. The number of thiophene rings is 1. The van der Waals surface area contributed by atoms with Gasteiger partial charge in [-0.1, -0.05) is 17.7 Å². The Balaban J connectivity index is 2.30. The number of amides is 1. The number of carbonyl (C=O) groups excluding carboxylic acids is 1. The van der Waals surface area contributed by atoms with E-state index in [0.717, 1.165) is 15.0 Å². The predicted octanol–water partition coefficient (Wildman–Crippen LogP) is 4.38. The van der Waals surface area contributed by atoms with E-state index in [1.165, 1.54) is 11.3 Å². The third kappa shape index (κ3) is 3.47. The summed E-state index contributed by atoms with van der Waals surface area (Å²) in [5.74, 6) is -0.0696. The Labute approximate surface area is 130 Å². The van der Waals surface area contributed by atoms with E-state index in [1.54, 1.807) is 11.0 Å². The van der Waals surface area contributed by atoms with E-state index >= 15 is 0 Å². The second-order valence-electron chi connectivity index (χ2n) is 4.30. The van der Waals surface area contributed by atoms with E-state index in [-0.39, 0.29) is 5.91 Å². The molecule has 0 unspecified atom stereocenters. The van der Waals surface area contributed by atoms with Crippen molar-refractivity contribution in [2.75, 3.05) is 11.4 Å². The van der Waals surface area contributed by atoms with Gasteiger partial charge in [-0.3, -0.25) is 4.79 Å². The SMILES string of the molecule is Cc1ccc(N(CCC#N)C(=O)c2ccc(Br)s2)cc1. The van der Waals surface area contributed by atoms with Crippen LogP contribution >= 0.6 is 27.3 Å². The number of carbonyl (C=O) groups is 1. The van der Waals surface area contributed by atoms with E-state index in [1.807, 2.05) is 37.3 Å². The number of aryl methyl sites for hydroxylation is 1. The number of anilines is 1. The molecule has 102 valence electrons. The predicted molar refractivity (Wildman–Crippen MR) is 85.1 cm³/mol. The molecule has 0 radical (unpaired) electrons. The van der Waals surface area contributed by atoms with E-state index in [4.69, 9.17) is 5.26 Å². The monoisotopic (exact) mass is 348 g/mol. The first kappa shape index (κ1) is 14.8. The third-order valence-corrected chi connectivity index (χ3v) is 4.43. The molecule has 1 amide bonds. The van der Waals surface area contributed by atoms with Gasteiger partial charge in [0.25, 0.3) is 5.91 Å². The molecule has 20 heavy (non-hydrogen) atoms. The Morgan fingerprint density at radius 2 is 2.00 bits per heavy atom. The first-order valence-electron chi connectivity index (χ1n) is 6.12. The molecule has 0 atom stereocenters. The van der Waals surface area contributed by atoms with E-state index in [9.17, 15) is 4.79 Å². The minimum atomic E-state index is -0.0696. The molecule has 0 aliphatic carbocycles. The Bertz CT molecular complexity index is 643. The standard InChI is InChI=1S/C15H13BrN2OS/c1-11-3-5-12(6-4-11)18(10-2-9-17)15(19)13-7-8-14(16)20-13/h3-8H,2,10H2,1H3. The Hall–Kier alpha value is -1.64. The van der Waals surface area contributed by atoms with Crippen molar-refractivity contribution in [3.63, 3.8) is 0 Å². The Morgan fingerprint density at radius 1 is 1.30 bits per heavy atom. The van der Waals surface area contributed by atoms with E-state index in [0.29, 0.717) is 17.8 Å². The highest BCUT2D eigenvalue weighted by Gasteiger charge is 2.18. The van der Waals surface area contributed by atoms with Gasteiger partial charge in [0.1, 0.15) is 0 Å². The summed E-state index contributed by atoms with van der Waals surface area (Å²) in [5, 5.41) is 8.77. The number of hydrogen-bond donors (Lipinski definition) is 0. The number of nitrogens with zero attached hydrogens (tertiary/aromatic N) is 2. The highest BCUT2D eigenvalue weighted by atomic mass is 79.9. The molecular formula is C15H13BrN2OS. The van der Waals surface area contributed by atoms with Gasteiger partial charge in [0, 0.05) is 12.2 Å². The quantitative estimate of drug-likeness (QED) is 0.822. The van der Waals surface area contributed by atoms with Crippen molar-refractivity contribution < 1.29 is 4.79 Å². The summed E-state index contributed by atoms with van der Waals surface area (Å²) in [4.78, 5) is 14.9. The summed E-state index contributed by atoms with van der Waals surface area (Å²) in [7, 11) is 0. The van der Waals surface area contributed by atoms with Crippen LogP contribution in [0.1, 0.15) is 21.7 Å². The van der Waals surface area contributed by atoms with Crippen molar-refractivity contribution in [2.24, 2.45) is 0 Å². The van der Waals surface area contributed by atoms with Crippen LogP contribution in [0.3, 0.4) is 0 Å². The second kappa shape index (κ2) is 6.69. The molecule has 0 fully saturated rings. The molecule has 5 heteroatoms. The van der Waals surface area contributed by atoms with Crippen molar-refractivity contribution in [3.8, 4) is 6.07 Å². The maximum absolute atomic E-state index is 12.6. The lowest BCUT2D eigenvalue weighted by Crippen LogP contribution is -2.31. The minimum Gasteiger partial charge on any atom is -0.307 e. The molecule has 1 heterocycles. The molecule has 0 saturated heterocycles. The van der Waals surface area contributed by atoms with Crippen LogP contribution in [-0.4, -0.2) is 12.5 Å². The van der Waals surface area contributed by atoms with Gasteiger partial charge in [-0.05, 0) is 47.1 Å². The van der Waals surface area contributed by atoms with Crippen LogP contribution in [0, 0.1) is 18.3 Å². The fourth-order valence-electron chi connectivity index (χ4n) is 1.80. The van der Waals surface area contributed by atoms with Crippen LogP contribution in [0.15, 0.2) is 40.2 Å². The zero-order valence-electron chi connectivity index (χ0n) is 11.0. The van der Waals surface area contributed by atoms with Crippen molar-refractivity contribution in [1.82, 2.24) is 0 Å². The molecule has 2 rings (SSSR count). The smallest absolute Gasteiger partial charge is 0.268 e. The highest BCUT2D eigenvalue weighted by Crippen LogP contribution is 2.25. The van der Waals surface area contributed by atoms with Gasteiger partial charge in [0.05, 0.1) is 21.2 Å². The van der Waals surface area contributed by atoms with Crippen LogP contribution in [0.4, 0.5) is 5.69 Å². The van der Waals surface area contributed by atoms with Crippen molar-refractivity contribution in [1.29, 1.82) is 5.26 Å². The number of halogens is 1. The minimum absolute atomic E-state index is 0.0696. The first-order valence-corrected chi connectivity index (χ1v) is 7.73. The molecule has 0 saturated carbocycles. The fourth-order valence-corrected chi connectivity index (χ4v) is 3.13. The van der Waals surface area contributed by atoms with Crippen molar-refractivity contribution in [2.45, 2.75) is 13.3 Å². The van der Waals surface area contributed by atoms with Crippen LogP contribution < -0.4 is 4.90 Å². The molecule has 0 bridgehead atoms. The van der Waals surface area contributed by atoms with Gasteiger partial charge in [-0.2, -0.15) is 5.26 Å². The maximum atomic E-state index is 12.6. The van der Waals surface area contributed by atoms with Crippen molar-refractivity contribution >= 4 is 38.9 Å². The van der Waals surface area contributed by atoms with E-state index < -0.39 is 0 Å². The fraction of sp³-hybridized carbons (Fsp3) is 0.200. The zero-order chi connectivity index (χ0) is 14.5. The number of hydrogen-bond acceptors (Lipinski definition) is 3. The summed E-state index contributed by atoms with van der Waals surface area (Å²) >= 11 is 4.76. The molecule has 1 aromatic carbocycles. The molecule has 2 aromatic rings. The Kier molecular flexibility index (Phi) is 4.94. The molecule has 0 spiro atoms. The average Bonchev–Trinajstić information content (AvgIpc) is 2.87. The molecule has 0 aliphatic heterocycles. The number of benzene rings is 1. The summed E-state index contributed by atoms with van der Waals surface area (Å²) in [5.41, 5.74) is 1.96. The van der Waals surface area contributed by atoms with E-state index in [2.05, 4.69) is 22.0 Å². The first-order chi connectivity index (χ1) is 9.61. The molecule has 0 aliphatic rings. The number of nitriles is 1. The lowest BCUT2D eigenvalue weighted by molar-refractivity contribution is 0.0991. The van der Waals surface area contributed by atoms with Crippen LogP contribution in [-0.2, 0) is 0 Å². The third-order valence-electron chi connectivity index (χ3n) is 2.82. The molecule has 0 N–H and O–H groups in total. The maximum Gasteiger partial charge on any atom is 0.268 e. The zero-order valence-corrected chi connectivity index (χ0v) is 13.4. The van der Waals surface area contributed by atoms with Gasteiger partial charge in [0.15, 0.2) is 0 Å². The molecular weight excluding hydrogens is 336 g/mol. The largest absolute Gasteiger partial charge is 0.307 e. The summed E-state index contributed by atoms with van der Waals surface area (Å²) < 4.78 is 0.921. The van der Waals surface area contributed by atoms with Crippen LogP contribution in [0.25, 0.3) is 0 Å². The Morgan fingerprint density at radius 3 is 2.55 bits per heavy atom.